The van der Waals surface area contributed by atoms with Crippen molar-refractivity contribution in [2.24, 2.45) is 5.92 Å². The molecule has 0 aromatic heterocycles. The third kappa shape index (κ3) is 4.76. The summed E-state index contributed by atoms with van der Waals surface area (Å²) in [4.78, 5) is 16.1. The fraction of sp³-hybridized carbons (Fsp3) is 0.632. The number of β-amino-alcohol motifs (C(OH)–C–C–N with tert-alkyl or cyclic N) is 1. The van der Waals surface area contributed by atoms with Crippen LogP contribution in [0.15, 0.2) is 18.2 Å². The van der Waals surface area contributed by atoms with Gasteiger partial charge in [-0.15, -0.1) is 0 Å². The third-order valence-corrected chi connectivity index (χ3v) is 5.37. The molecule has 0 spiro atoms. The summed E-state index contributed by atoms with van der Waals surface area (Å²) in [6.07, 6.45) is 5.54. The van der Waals surface area contributed by atoms with E-state index < -0.39 is 17.5 Å². The largest absolute Gasteiger partial charge is 0.392 e. The van der Waals surface area contributed by atoms with E-state index in [9.17, 15) is 18.7 Å². The van der Waals surface area contributed by atoms with Gasteiger partial charge in [0.25, 0.3) is 5.91 Å². The molecule has 1 N–H and O–H groups in total. The molecule has 1 aliphatic heterocycles. The van der Waals surface area contributed by atoms with Crippen LogP contribution in [0.4, 0.5) is 8.78 Å². The minimum absolute atomic E-state index is 0.0869. The number of carbonyl (C=O) groups excluding carboxylic acids is 1. The van der Waals surface area contributed by atoms with Crippen LogP contribution in [0.3, 0.4) is 0 Å². The van der Waals surface area contributed by atoms with Crippen LogP contribution in [-0.2, 0) is 0 Å². The summed E-state index contributed by atoms with van der Waals surface area (Å²) in [6.45, 7) is 2.94. The summed E-state index contributed by atoms with van der Waals surface area (Å²) in [5.74, 6) is -1.25. The molecule has 1 atom stereocenters. The Morgan fingerprint density at radius 3 is 2.48 bits per heavy atom. The van der Waals surface area contributed by atoms with Crippen LogP contribution in [-0.4, -0.2) is 59.6 Å². The van der Waals surface area contributed by atoms with Crippen molar-refractivity contribution in [2.45, 2.75) is 38.2 Å². The molecule has 1 heterocycles. The standard InChI is InChI=1S/C19H26F2N2O2/c20-15-5-6-17(18(21)12-15)19(25)23-9-7-22(8-10-23)13-16(24)11-14-3-1-2-4-14/h5-6,12,14,16,24H,1-4,7-11,13H2/t16-/m0/s1. The molecular formula is C19H26F2N2O2. The first-order chi connectivity index (χ1) is 12.0. The van der Waals surface area contributed by atoms with Gasteiger partial charge in [-0.2, -0.15) is 0 Å². The van der Waals surface area contributed by atoms with Gasteiger partial charge >= 0.3 is 0 Å². The first kappa shape index (κ1) is 18.3. The minimum atomic E-state index is -0.820. The summed E-state index contributed by atoms with van der Waals surface area (Å²) >= 11 is 0. The molecule has 0 bridgehead atoms. The van der Waals surface area contributed by atoms with E-state index in [1.807, 2.05) is 0 Å². The number of carbonyl (C=O) groups is 1. The Balaban J connectivity index is 1.47. The topological polar surface area (TPSA) is 43.8 Å². The molecular weight excluding hydrogens is 326 g/mol. The van der Waals surface area contributed by atoms with Crippen molar-refractivity contribution in [2.75, 3.05) is 32.7 Å². The number of aliphatic hydroxyl groups is 1. The highest BCUT2D eigenvalue weighted by Crippen LogP contribution is 2.28. The summed E-state index contributed by atoms with van der Waals surface area (Å²) in [7, 11) is 0. The molecule has 2 aliphatic rings. The number of hydrogen-bond donors (Lipinski definition) is 1. The van der Waals surface area contributed by atoms with Gasteiger partial charge < -0.3 is 10.0 Å². The van der Waals surface area contributed by atoms with Crippen LogP contribution in [0.2, 0.25) is 0 Å². The number of aliphatic hydroxyl groups excluding tert-OH is 1. The number of piperazine rings is 1. The van der Waals surface area contributed by atoms with Crippen molar-refractivity contribution in [3.05, 3.63) is 35.4 Å². The molecule has 3 rings (SSSR count). The molecule has 6 heteroatoms. The predicted molar refractivity (Wildman–Crippen MR) is 91.3 cm³/mol. The fourth-order valence-electron chi connectivity index (χ4n) is 3.97. The average molecular weight is 352 g/mol. The Hall–Kier alpha value is -1.53. The molecule has 25 heavy (non-hydrogen) atoms. The van der Waals surface area contributed by atoms with Crippen LogP contribution in [0.1, 0.15) is 42.5 Å². The average Bonchev–Trinajstić information content (AvgIpc) is 3.08. The van der Waals surface area contributed by atoms with Crippen molar-refractivity contribution in [1.29, 1.82) is 0 Å². The summed E-state index contributed by atoms with van der Waals surface area (Å²) < 4.78 is 26.7. The van der Waals surface area contributed by atoms with Crippen molar-refractivity contribution >= 4 is 5.91 Å². The zero-order chi connectivity index (χ0) is 17.8. The van der Waals surface area contributed by atoms with E-state index in [0.717, 1.165) is 18.6 Å². The lowest BCUT2D eigenvalue weighted by atomic mass is 9.99. The zero-order valence-corrected chi connectivity index (χ0v) is 14.5. The lowest BCUT2D eigenvalue weighted by molar-refractivity contribution is 0.0479. The van der Waals surface area contributed by atoms with E-state index in [2.05, 4.69) is 4.90 Å². The lowest BCUT2D eigenvalue weighted by Gasteiger charge is -2.36. The highest BCUT2D eigenvalue weighted by atomic mass is 19.1. The van der Waals surface area contributed by atoms with Crippen molar-refractivity contribution in [3.63, 3.8) is 0 Å². The highest BCUT2D eigenvalue weighted by Gasteiger charge is 2.26. The molecule has 1 aromatic rings. The Kier molecular flexibility index (Phi) is 6.02. The highest BCUT2D eigenvalue weighted by molar-refractivity contribution is 5.94. The predicted octanol–water partition coefficient (Wildman–Crippen LogP) is 2.66. The second-order valence-corrected chi connectivity index (χ2v) is 7.26. The van der Waals surface area contributed by atoms with Gasteiger partial charge in [0.1, 0.15) is 11.6 Å². The van der Waals surface area contributed by atoms with E-state index in [1.54, 1.807) is 4.90 Å². The van der Waals surface area contributed by atoms with Gasteiger partial charge in [-0.3, -0.25) is 9.69 Å². The summed E-state index contributed by atoms with van der Waals surface area (Å²) in [6, 6.07) is 3.04. The molecule has 1 aromatic carbocycles. The van der Waals surface area contributed by atoms with E-state index >= 15 is 0 Å². The number of amides is 1. The van der Waals surface area contributed by atoms with Crippen LogP contribution < -0.4 is 0 Å². The number of nitrogens with zero attached hydrogens (tertiary/aromatic N) is 2. The molecule has 1 saturated carbocycles. The fourth-order valence-corrected chi connectivity index (χ4v) is 3.97. The summed E-state index contributed by atoms with van der Waals surface area (Å²) in [5, 5.41) is 10.3. The van der Waals surface area contributed by atoms with Gasteiger partial charge in [0.05, 0.1) is 11.7 Å². The van der Waals surface area contributed by atoms with Crippen LogP contribution in [0.25, 0.3) is 0 Å². The molecule has 1 saturated heterocycles. The monoisotopic (exact) mass is 352 g/mol. The molecule has 2 fully saturated rings. The quantitative estimate of drug-likeness (QED) is 0.886. The van der Waals surface area contributed by atoms with Gasteiger partial charge in [0, 0.05) is 38.8 Å². The van der Waals surface area contributed by atoms with E-state index in [-0.39, 0.29) is 11.7 Å². The van der Waals surface area contributed by atoms with Crippen LogP contribution in [0, 0.1) is 17.6 Å². The Bertz CT molecular complexity index is 597. The number of halogens is 2. The maximum Gasteiger partial charge on any atom is 0.256 e. The van der Waals surface area contributed by atoms with Gasteiger partial charge in [0.15, 0.2) is 0 Å². The van der Waals surface area contributed by atoms with Crippen LogP contribution in [0.5, 0.6) is 0 Å². The Labute approximate surface area is 147 Å². The molecule has 1 aliphatic carbocycles. The molecule has 0 unspecified atom stereocenters. The second kappa shape index (κ2) is 8.23. The van der Waals surface area contributed by atoms with E-state index in [0.29, 0.717) is 38.6 Å². The van der Waals surface area contributed by atoms with Crippen molar-refractivity contribution in [1.82, 2.24) is 9.80 Å². The summed E-state index contributed by atoms with van der Waals surface area (Å²) in [5.41, 5.74) is -0.0869. The van der Waals surface area contributed by atoms with E-state index in [4.69, 9.17) is 0 Å². The normalized spacial score (nSPS) is 20.8. The molecule has 4 nitrogen and oxygen atoms in total. The number of rotatable bonds is 5. The molecule has 1 amide bonds. The smallest absolute Gasteiger partial charge is 0.256 e. The Morgan fingerprint density at radius 1 is 1.16 bits per heavy atom. The van der Waals surface area contributed by atoms with E-state index in [1.165, 1.54) is 31.7 Å². The SMILES string of the molecule is O=C(c1ccc(F)cc1F)N1CCN(C[C@@H](O)CC2CCCC2)CC1. The van der Waals surface area contributed by atoms with Crippen LogP contribution >= 0.6 is 0 Å². The third-order valence-electron chi connectivity index (χ3n) is 5.37. The Morgan fingerprint density at radius 2 is 1.84 bits per heavy atom. The van der Waals surface area contributed by atoms with Crippen molar-refractivity contribution in [3.8, 4) is 0 Å². The van der Waals surface area contributed by atoms with Crippen molar-refractivity contribution < 1.29 is 18.7 Å². The molecule has 138 valence electrons. The van der Waals surface area contributed by atoms with Gasteiger partial charge in [-0.1, -0.05) is 25.7 Å². The lowest BCUT2D eigenvalue weighted by Crippen LogP contribution is -2.50. The minimum Gasteiger partial charge on any atom is -0.392 e. The number of benzene rings is 1. The maximum atomic E-state index is 13.8. The maximum absolute atomic E-state index is 13.8. The van der Waals surface area contributed by atoms with Gasteiger partial charge in [0.2, 0.25) is 0 Å². The zero-order valence-electron chi connectivity index (χ0n) is 14.5. The number of hydrogen-bond acceptors (Lipinski definition) is 3. The first-order valence-electron chi connectivity index (χ1n) is 9.17. The van der Waals surface area contributed by atoms with Gasteiger partial charge in [-0.05, 0) is 24.5 Å². The second-order valence-electron chi connectivity index (χ2n) is 7.26. The first-order valence-corrected chi connectivity index (χ1v) is 9.17. The molecule has 0 radical (unpaired) electrons. The van der Waals surface area contributed by atoms with Gasteiger partial charge in [-0.25, -0.2) is 8.78 Å².